The topological polar surface area (TPSA) is 49.6 Å². The molecule has 2 N–H and O–H groups in total. The van der Waals surface area contributed by atoms with Crippen LogP contribution >= 0.6 is 0 Å². The molecule has 88 valence electrons. The molecule has 0 aromatic rings. The average Bonchev–Trinajstić information content (AvgIpc) is 2.10. The molecule has 4 heteroatoms. The number of carbonyl (C=O) groups is 1. The summed E-state index contributed by atoms with van der Waals surface area (Å²) in [6, 6.07) is 0.806. The maximum atomic E-state index is 12.0. The molecule has 1 rings (SSSR count). The number of nitrogens with zero attached hydrogens (tertiary/aromatic N) is 2. The normalized spacial score (nSPS) is 29.3. The van der Waals surface area contributed by atoms with Crippen LogP contribution in [0, 0.1) is 0 Å². The lowest BCUT2D eigenvalue weighted by atomic mass is 10.0. The van der Waals surface area contributed by atoms with E-state index in [1.54, 1.807) is 13.8 Å². The third kappa shape index (κ3) is 2.69. The number of likely N-dealkylation sites (N-methyl/N-ethyl adjacent to an activating group) is 1. The third-order valence-corrected chi connectivity index (χ3v) is 3.20. The maximum Gasteiger partial charge on any atom is 0.242 e. The fourth-order valence-corrected chi connectivity index (χ4v) is 1.98. The van der Waals surface area contributed by atoms with Crippen molar-refractivity contribution in [2.24, 2.45) is 5.73 Å². The molecule has 0 aromatic carbocycles. The molecule has 0 aliphatic carbocycles. The molecule has 4 nitrogen and oxygen atoms in total. The van der Waals surface area contributed by atoms with Crippen molar-refractivity contribution in [2.45, 2.75) is 45.3 Å². The average molecular weight is 213 g/mol. The highest BCUT2D eigenvalue weighted by molar-refractivity contribution is 5.85. The van der Waals surface area contributed by atoms with Crippen molar-refractivity contribution in [2.75, 3.05) is 20.1 Å². The first kappa shape index (κ1) is 12.5. The number of rotatable bonds is 1. The van der Waals surface area contributed by atoms with Gasteiger partial charge in [-0.05, 0) is 34.7 Å². The Hall–Kier alpha value is -0.610. The maximum absolute atomic E-state index is 12.0. The summed E-state index contributed by atoms with van der Waals surface area (Å²) < 4.78 is 0. The van der Waals surface area contributed by atoms with Gasteiger partial charge in [0.25, 0.3) is 0 Å². The summed E-state index contributed by atoms with van der Waals surface area (Å²) in [6.45, 7) is 9.37. The van der Waals surface area contributed by atoms with Gasteiger partial charge in [-0.25, -0.2) is 0 Å². The van der Waals surface area contributed by atoms with Crippen LogP contribution in [0.5, 0.6) is 0 Å². The summed E-state index contributed by atoms with van der Waals surface area (Å²) >= 11 is 0. The van der Waals surface area contributed by atoms with Crippen LogP contribution in [0.1, 0.15) is 27.7 Å². The molecule has 0 spiro atoms. The van der Waals surface area contributed by atoms with Gasteiger partial charge in [0.15, 0.2) is 0 Å². The lowest BCUT2D eigenvalue weighted by Crippen LogP contribution is -2.61. The molecule has 0 saturated carbocycles. The van der Waals surface area contributed by atoms with Gasteiger partial charge in [0.1, 0.15) is 0 Å². The zero-order chi connectivity index (χ0) is 11.8. The highest BCUT2D eigenvalue weighted by Gasteiger charge is 2.34. The standard InChI is InChI=1S/C11H23N3O/c1-8-6-14(7-9(2)13(8)5)10(15)11(3,4)12/h8-9H,6-7,12H2,1-5H3. The van der Waals surface area contributed by atoms with Crippen LogP contribution in [0.4, 0.5) is 0 Å². The van der Waals surface area contributed by atoms with E-state index in [9.17, 15) is 4.79 Å². The highest BCUT2D eigenvalue weighted by Crippen LogP contribution is 2.16. The number of hydrogen-bond donors (Lipinski definition) is 1. The van der Waals surface area contributed by atoms with E-state index in [4.69, 9.17) is 5.73 Å². The van der Waals surface area contributed by atoms with Crippen molar-refractivity contribution in [3.8, 4) is 0 Å². The molecule has 0 radical (unpaired) electrons. The number of carbonyl (C=O) groups excluding carboxylic acids is 1. The van der Waals surface area contributed by atoms with E-state index in [0.717, 1.165) is 13.1 Å². The van der Waals surface area contributed by atoms with Crippen LogP contribution in [0.3, 0.4) is 0 Å². The predicted molar refractivity (Wildman–Crippen MR) is 61.5 cm³/mol. The highest BCUT2D eigenvalue weighted by atomic mass is 16.2. The van der Waals surface area contributed by atoms with Crippen LogP contribution in [-0.4, -0.2) is 53.5 Å². The number of hydrogen-bond acceptors (Lipinski definition) is 3. The smallest absolute Gasteiger partial charge is 0.242 e. The molecule has 2 atom stereocenters. The van der Waals surface area contributed by atoms with Gasteiger partial charge in [0.2, 0.25) is 5.91 Å². The van der Waals surface area contributed by atoms with E-state index in [2.05, 4.69) is 25.8 Å². The van der Waals surface area contributed by atoms with Crippen molar-refractivity contribution in [3.63, 3.8) is 0 Å². The van der Waals surface area contributed by atoms with Crippen LogP contribution in [0.25, 0.3) is 0 Å². The number of amides is 1. The van der Waals surface area contributed by atoms with E-state index in [0.29, 0.717) is 12.1 Å². The first-order valence-corrected chi connectivity index (χ1v) is 5.53. The van der Waals surface area contributed by atoms with Crippen molar-refractivity contribution in [1.29, 1.82) is 0 Å². The van der Waals surface area contributed by atoms with E-state index in [-0.39, 0.29) is 5.91 Å². The monoisotopic (exact) mass is 213 g/mol. The summed E-state index contributed by atoms with van der Waals surface area (Å²) in [7, 11) is 2.10. The number of piperazine rings is 1. The molecule has 1 aliphatic heterocycles. The largest absolute Gasteiger partial charge is 0.338 e. The van der Waals surface area contributed by atoms with Gasteiger partial charge in [-0.2, -0.15) is 0 Å². The Morgan fingerprint density at radius 3 is 2.00 bits per heavy atom. The molecular weight excluding hydrogens is 190 g/mol. The fraction of sp³-hybridized carbons (Fsp3) is 0.909. The van der Waals surface area contributed by atoms with Crippen molar-refractivity contribution in [3.05, 3.63) is 0 Å². The number of nitrogens with two attached hydrogens (primary N) is 1. The third-order valence-electron chi connectivity index (χ3n) is 3.20. The molecular formula is C11H23N3O. The summed E-state index contributed by atoms with van der Waals surface area (Å²) in [5, 5.41) is 0. The molecule has 1 saturated heterocycles. The van der Waals surface area contributed by atoms with Gasteiger partial charge in [-0.15, -0.1) is 0 Å². The van der Waals surface area contributed by atoms with Crippen LogP contribution in [0.15, 0.2) is 0 Å². The molecule has 1 amide bonds. The second-order valence-electron chi connectivity index (χ2n) is 5.30. The second-order valence-corrected chi connectivity index (χ2v) is 5.30. The lowest BCUT2D eigenvalue weighted by Gasteiger charge is -2.44. The Kier molecular flexibility index (Phi) is 3.41. The summed E-state index contributed by atoms with van der Waals surface area (Å²) in [5.41, 5.74) is 5.08. The molecule has 0 aromatic heterocycles. The first-order chi connectivity index (χ1) is 6.73. The molecule has 15 heavy (non-hydrogen) atoms. The van der Waals surface area contributed by atoms with E-state index >= 15 is 0 Å². The van der Waals surface area contributed by atoms with E-state index < -0.39 is 5.54 Å². The van der Waals surface area contributed by atoms with Gasteiger partial charge in [-0.3, -0.25) is 9.69 Å². The second kappa shape index (κ2) is 4.10. The minimum absolute atomic E-state index is 0.0503. The lowest BCUT2D eigenvalue weighted by molar-refractivity contribution is -0.139. The Morgan fingerprint density at radius 2 is 1.67 bits per heavy atom. The molecule has 2 unspecified atom stereocenters. The van der Waals surface area contributed by atoms with Crippen molar-refractivity contribution in [1.82, 2.24) is 9.80 Å². The van der Waals surface area contributed by atoms with Gasteiger partial charge >= 0.3 is 0 Å². The van der Waals surface area contributed by atoms with Crippen LogP contribution in [0.2, 0.25) is 0 Å². The quantitative estimate of drug-likeness (QED) is 0.680. The zero-order valence-electron chi connectivity index (χ0n) is 10.4. The molecule has 1 heterocycles. The first-order valence-electron chi connectivity index (χ1n) is 5.53. The van der Waals surface area contributed by atoms with Gasteiger partial charge in [0, 0.05) is 25.2 Å². The summed E-state index contributed by atoms with van der Waals surface area (Å²) in [4.78, 5) is 16.2. The van der Waals surface area contributed by atoms with Gasteiger partial charge in [0.05, 0.1) is 5.54 Å². The Balaban J connectivity index is 2.70. The fourth-order valence-electron chi connectivity index (χ4n) is 1.98. The Bertz CT molecular complexity index is 235. The summed E-state index contributed by atoms with van der Waals surface area (Å²) in [5.74, 6) is 0.0503. The SMILES string of the molecule is CC1CN(C(=O)C(C)(C)N)CC(C)N1C. The Labute approximate surface area is 92.4 Å². The van der Waals surface area contributed by atoms with Gasteiger partial charge in [-0.1, -0.05) is 0 Å². The van der Waals surface area contributed by atoms with E-state index in [1.165, 1.54) is 0 Å². The van der Waals surface area contributed by atoms with Gasteiger partial charge < -0.3 is 10.6 Å². The van der Waals surface area contributed by atoms with Crippen molar-refractivity contribution < 1.29 is 4.79 Å². The minimum Gasteiger partial charge on any atom is -0.338 e. The predicted octanol–water partition coefficient (Wildman–Crippen LogP) is 0.275. The molecule has 0 bridgehead atoms. The minimum atomic E-state index is -0.755. The van der Waals surface area contributed by atoms with Crippen LogP contribution < -0.4 is 5.73 Å². The zero-order valence-corrected chi connectivity index (χ0v) is 10.4. The summed E-state index contributed by atoms with van der Waals surface area (Å²) in [6.07, 6.45) is 0. The Morgan fingerprint density at radius 1 is 1.27 bits per heavy atom. The molecule has 1 fully saturated rings. The molecule has 1 aliphatic rings. The van der Waals surface area contributed by atoms with Crippen LogP contribution in [-0.2, 0) is 4.79 Å². The van der Waals surface area contributed by atoms with Crippen molar-refractivity contribution >= 4 is 5.91 Å². The van der Waals surface area contributed by atoms with E-state index in [1.807, 2.05) is 4.90 Å².